The fraction of sp³-hybridized carbons (Fsp3) is 0.677. The van der Waals surface area contributed by atoms with Crippen molar-refractivity contribution in [3.8, 4) is 11.8 Å². The number of anilines is 1. The van der Waals surface area contributed by atoms with Crippen molar-refractivity contribution >= 4 is 50.4 Å². The lowest BCUT2D eigenvalue weighted by molar-refractivity contribution is -0.124. The molecule has 2 N–H and O–H groups in total. The number of amides is 2. The summed E-state index contributed by atoms with van der Waals surface area (Å²) in [5.74, 6) is 10.2. The van der Waals surface area contributed by atoms with E-state index in [-0.39, 0.29) is 40.3 Å². The van der Waals surface area contributed by atoms with E-state index in [0.717, 1.165) is 37.0 Å². The number of carbonyl (C=O) groups is 3. The summed E-state index contributed by atoms with van der Waals surface area (Å²) in [5, 5.41) is 13.1. The second-order valence-corrected chi connectivity index (χ2v) is 16.8. The van der Waals surface area contributed by atoms with Gasteiger partial charge < -0.3 is 20.1 Å². The Bertz CT molecular complexity index is 1300. The lowest BCUT2D eigenvalue weighted by Crippen LogP contribution is -2.49. The van der Waals surface area contributed by atoms with Crippen LogP contribution in [0.15, 0.2) is 6.07 Å². The van der Waals surface area contributed by atoms with Gasteiger partial charge in [0.1, 0.15) is 11.0 Å². The van der Waals surface area contributed by atoms with Gasteiger partial charge in [-0.05, 0) is 106 Å². The second kappa shape index (κ2) is 12.8. The van der Waals surface area contributed by atoms with E-state index in [9.17, 15) is 23.7 Å². The molecule has 1 saturated heterocycles. The normalized spacial score (nSPS) is 30.1. The average molecular weight is 605 g/mol. The number of hydrogen-bond acceptors (Lipinski definition) is 6. The molecule has 1 aliphatic heterocycles. The fourth-order valence-corrected chi connectivity index (χ4v) is 8.61. The predicted octanol–water partition coefficient (Wildman–Crippen LogP) is 5.53. The molecule has 4 rings (SSSR count). The molecule has 8 nitrogen and oxygen atoms in total. The third kappa shape index (κ3) is 8.51. The van der Waals surface area contributed by atoms with Crippen molar-refractivity contribution in [1.82, 2.24) is 5.32 Å². The first-order chi connectivity index (χ1) is 19.2. The number of thiophene rings is 1. The van der Waals surface area contributed by atoms with E-state index in [1.807, 2.05) is 20.8 Å². The van der Waals surface area contributed by atoms with Gasteiger partial charge in [0, 0.05) is 29.2 Å². The van der Waals surface area contributed by atoms with Crippen LogP contribution in [0.2, 0.25) is 0 Å². The van der Waals surface area contributed by atoms with Gasteiger partial charge in [-0.2, -0.15) is 0 Å². The summed E-state index contributed by atoms with van der Waals surface area (Å²) in [7, 11) is -2.15. The number of ether oxygens (including phenoxy) is 1. The Hall–Kier alpha value is -2.51. The molecule has 0 spiro atoms. The van der Waals surface area contributed by atoms with Crippen molar-refractivity contribution in [2.45, 2.75) is 104 Å². The maximum atomic E-state index is 14.1. The first-order valence-corrected chi connectivity index (χ1v) is 17.6. The number of aromatic carboxylic acids is 1. The topological polar surface area (TPSA) is 113 Å². The summed E-state index contributed by atoms with van der Waals surface area (Å²) in [6.07, 6.45) is 5.84. The lowest BCUT2D eigenvalue weighted by Gasteiger charge is -2.39. The molecule has 0 aromatic carbocycles. The number of carboxylic acids is 1. The molecule has 2 saturated carbocycles. The zero-order valence-corrected chi connectivity index (χ0v) is 26.3. The van der Waals surface area contributed by atoms with Crippen LogP contribution in [-0.4, -0.2) is 62.8 Å². The van der Waals surface area contributed by atoms with Gasteiger partial charge >= 0.3 is 12.1 Å². The molecular formula is C31H44N2O6S2. The van der Waals surface area contributed by atoms with Gasteiger partial charge in [-0.1, -0.05) is 18.8 Å². The molecule has 3 fully saturated rings. The smallest absolute Gasteiger partial charge is 0.407 e. The Morgan fingerprint density at radius 1 is 1.10 bits per heavy atom. The number of nitrogens with one attached hydrogen (secondary N) is 1. The highest BCUT2D eigenvalue weighted by atomic mass is 32.2. The summed E-state index contributed by atoms with van der Waals surface area (Å²) >= 11 is 1.12. The minimum absolute atomic E-state index is 0.00125. The average Bonchev–Trinajstić information content (AvgIpc) is 3.46. The van der Waals surface area contributed by atoms with Crippen LogP contribution in [0.3, 0.4) is 0 Å². The molecule has 41 heavy (non-hydrogen) atoms. The van der Waals surface area contributed by atoms with Crippen LogP contribution in [0, 0.1) is 29.1 Å². The predicted molar refractivity (Wildman–Crippen MR) is 165 cm³/mol. The standard InChI is InChI=1S/C31H44N2O6S2/c1-20-6-8-21(9-7-20)28(34)33(26-18-25(14-16-31(2,3)4)40-27(26)29(35)36)23-12-10-22(11-13-23)32-30(37)39-24-15-17-41(5,38)19-24/h18,20-24H,5-13,15,17,19H2,1-4H3,(H,32,37)(H,35,36)/t20-,21-,22-,23-,24?,41?. The van der Waals surface area contributed by atoms with E-state index in [0.29, 0.717) is 60.1 Å². The highest BCUT2D eigenvalue weighted by Gasteiger charge is 2.38. The maximum Gasteiger partial charge on any atom is 0.407 e. The molecule has 2 aliphatic carbocycles. The molecule has 2 atom stereocenters. The summed E-state index contributed by atoms with van der Waals surface area (Å²) in [5.41, 5.74) is 0.205. The van der Waals surface area contributed by atoms with Crippen LogP contribution in [0.25, 0.3) is 0 Å². The molecule has 226 valence electrons. The van der Waals surface area contributed by atoms with Gasteiger partial charge in [0.25, 0.3) is 0 Å². The van der Waals surface area contributed by atoms with Gasteiger partial charge in [-0.25, -0.2) is 9.59 Å². The number of rotatable bonds is 6. The third-order valence-electron chi connectivity index (χ3n) is 8.29. The number of carbonyl (C=O) groups excluding carboxylic acids is 2. The van der Waals surface area contributed by atoms with E-state index in [1.165, 1.54) is 0 Å². The van der Waals surface area contributed by atoms with Crippen LogP contribution in [0.5, 0.6) is 0 Å². The minimum atomic E-state index is -2.15. The van der Waals surface area contributed by atoms with Gasteiger partial charge in [0.2, 0.25) is 5.91 Å². The van der Waals surface area contributed by atoms with E-state index < -0.39 is 21.6 Å². The first kappa shape index (κ1) is 31.4. The third-order valence-corrected chi connectivity index (χ3v) is 11.3. The van der Waals surface area contributed by atoms with Gasteiger partial charge in [0.15, 0.2) is 0 Å². The van der Waals surface area contributed by atoms with E-state index in [2.05, 4.69) is 30.0 Å². The molecule has 0 radical (unpaired) electrons. The Balaban J connectivity index is 1.51. The molecule has 1 aromatic heterocycles. The summed E-state index contributed by atoms with van der Waals surface area (Å²) in [6.45, 7) is 8.22. The van der Waals surface area contributed by atoms with Crippen molar-refractivity contribution in [2.75, 3.05) is 16.4 Å². The first-order valence-electron chi connectivity index (χ1n) is 14.7. The zero-order valence-electron chi connectivity index (χ0n) is 24.7. The zero-order chi connectivity index (χ0) is 29.9. The van der Waals surface area contributed by atoms with Crippen molar-refractivity contribution in [3.63, 3.8) is 0 Å². The van der Waals surface area contributed by atoms with Crippen LogP contribution >= 0.6 is 11.3 Å². The number of nitrogens with zero attached hydrogens (tertiary/aromatic N) is 1. The summed E-state index contributed by atoms with van der Waals surface area (Å²) < 4.78 is 17.6. The van der Waals surface area contributed by atoms with Gasteiger partial charge in [0.05, 0.1) is 16.3 Å². The van der Waals surface area contributed by atoms with E-state index in [1.54, 1.807) is 11.0 Å². The molecular weight excluding hydrogens is 560 g/mol. The molecule has 10 heteroatoms. The van der Waals surface area contributed by atoms with Crippen molar-refractivity contribution < 1.29 is 28.4 Å². The fourth-order valence-electron chi connectivity index (χ4n) is 6.00. The Morgan fingerprint density at radius 3 is 2.32 bits per heavy atom. The largest absolute Gasteiger partial charge is 0.477 e. The van der Waals surface area contributed by atoms with Gasteiger partial charge in [-0.15, -0.1) is 11.3 Å². The monoisotopic (exact) mass is 604 g/mol. The Labute approximate surface area is 248 Å². The molecule has 1 aromatic rings. The van der Waals surface area contributed by atoms with Crippen molar-refractivity contribution in [3.05, 3.63) is 15.8 Å². The number of alkyl carbamates (subject to hydrolysis) is 1. The Kier molecular flexibility index (Phi) is 9.80. The van der Waals surface area contributed by atoms with E-state index in [4.69, 9.17) is 4.74 Å². The highest BCUT2D eigenvalue weighted by Crippen LogP contribution is 2.39. The molecule has 0 bridgehead atoms. The summed E-state index contributed by atoms with van der Waals surface area (Å²) in [6, 6.07) is 1.50. The summed E-state index contributed by atoms with van der Waals surface area (Å²) in [4.78, 5) is 41.5. The van der Waals surface area contributed by atoms with Gasteiger partial charge in [-0.3, -0.25) is 9.00 Å². The SMILES string of the molecule is C=S1(=O)CCC(OC(=O)N[C@H]2CC[C@H](N(c3cc(C#CC(C)(C)C)sc3C(=O)O)C(=O)[C@H]3CC[C@H](C)CC3)CC2)C1. The molecule has 2 amide bonds. The van der Waals surface area contributed by atoms with Crippen LogP contribution in [-0.2, 0) is 19.1 Å². The number of carboxylic acid groups (broad SMARTS) is 1. The number of hydrogen-bond donors (Lipinski definition) is 2. The van der Waals surface area contributed by atoms with Crippen molar-refractivity contribution in [1.29, 1.82) is 0 Å². The Morgan fingerprint density at radius 2 is 1.76 bits per heavy atom. The second-order valence-electron chi connectivity index (χ2n) is 13.1. The minimum Gasteiger partial charge on any atom is -0.477 e. The van der Waals surface area contributed by atoms with E-state index >= 15 is 0 Å². The van der Waals surface area contributed by atoms with Crippen LogP contribution < -0.4 is 10.2 Å². The highest BCUT2D eigenvalue weighted by molar-refractivity contribution is 8.00. The lowest BCUT2D eigenvalue weighted by atomic mass is 9.81. The quantitative estimate of drug-likeness (QED) is 0.326. The van der Waals surface area contributed by atoms with Crippen LogP contribution in [0.1, 0.15) is 100 Å². The molecule has 2 unspecified atom stereocenters. The van der Waals surface area contributed by atoms with Crippen molar-refractivity contribution in [2.24, 2.45) is 17.3 Å². The maximum absolute atomic E-state index is 14.1. The van der Waals surface area contributed by atoms with Crippen LogP contribution in [0.4, 0.5) is 10.5 Å². The molecule has 2 heterocycles. The molecule has 3 aliphatic rings.